The number of hydrogen-bond acceptors (Lipinski definition) is 2. The van der Waals surface area contributed by atoms with Crippen molar-refractivity contribution in [3.05, 3.63) is 35.4 Å². The van der Waals surface area contributed by atoms with E-state index in [1.807, 2.05) is 0 Å². The summed E-state index contributed by atoms with van der Waals surface area (Å²) in [6, 6.07) is 8.83. The predicted octanol–water partition coefficient (Wildman–Crippen LogP) is 2.16. The minimum absolute atomic E-state index is 0.773. The van der Waals surface area contributed by atoms with E-state index in [2.05, 4.69) is 24.3 Å². The van der Waals surface area contributed by atoms with E-state index in [1.54, 1.807) is 7.11 Å². The lowest BCUT2D eigenvalue weighted by Crippen LogP contribution is -2.00. The highest BCUT2D eigenvalue weighted by atomic mass is 16.5. The smallest absolute Gasteiger partial charge is 0.0465 e. The van der Waals surface area contributed by atoms with Crippen molar-refractivity contribution in [1.82, 2.24) is 0 Å². The monoisotopic (exact) mass is 207 g/mol. The average molecular weight is 207 g/mol. The summed E-state index contributed by atoms with van der Waals surface area (Å²) in [7, 11) is 1.75. The molecule has 0 aliphatic rings. The Kier molecular flexibility index (Phi) is 6.05. The Bertz CT molecular complexity index is 256. The topological polar surface area (TPSA) is 35.2 Å². The number of ether oxygens (including phenoxy) is 1. The van der Waals surface area contributed by atoms with Gasteiger partial charge in [0.25, 0.3) is 0 Å². The molecule has 1 aromatic carbocycles. The van der Waals surface area contributed by atoms with Crippen LogP contribution >= 0.6 is 0 Å². The number of hydrogen-bond donors (Lipinski definition) is 1. The third kappa shape index (κ3) is 4.96. The van der Waals surface area contributed by atoms with Crippen molar-refractivity contribution in [2.45, 2.75) is 25.7 Å². The molecule has 0 aromatic heterocycles. The molecule has 0 amide bonds. The van der Waals surface area contributed by atoms with E-state index in [9.17, 15) is 0 Å². The molecule has 0 bridgehead atoms. The van der Waals surface area contributed by atoms with E-state index in [1.165, 1.54) is 11.1 Å². The summed E-state index contributed by atoms with van der Waals surface area (Å²) in [6.45, 7) is 1.62. The summed E-state index contributed by atoms with van der Waals surface area (Å²) in [6.07, 6.45) is 4.36. The number of aryl methyl sites for hydroxylation is 2. The fraction of sp³-hybridized carbons (Fsp3) is 0.538. The van der Waals surface area contributed by atoms with Gasteiger partial charge in [0.15, 0.2) is 0 Å². The molecule has 0 aliphatic carbocycles. The minimum atomic E-state index is 0.773. The molecule has 0 atom stereocenters. The summed E-state index contributed by atoms with van der Waals surface area (Å²) >= 11 is 0. The first kappa shape index (κ1) is 12.2. The van der Waals surface area contributed by atoms with Crippen LogP contribution in [0.5, 0.6) is 0 Å². The van der Waals surface area contributed by atoms with E-state index in [-0.39, 0.29) is 0 Å². The van der Waals surface area contributed by atoms with Crippen LogP contribution in [0, 0.1) is 0 Å². The zero-order valence-electron chi connectivity index (χ0n) is 9.54. The SMILES string of the molecule is COCCCc1ccc(CCCN)cc1. The van der Waals surface area contributed by atoms with Crippen molar-refractivity contribution in [1.29, 1.82) is 0 Å². The largest absolute Gasteiger partial charge is 0.385 e. The van der Waals surface area contributed by atoms with Crippen LogP contribution in [0.4, 0.5) is 0 Å². The molecule has 0 radical (unpaired) electrons. The highest BCUT2D eigenvalue weighted by Crippen LogP contribution is 2.08. The third-order valence-electron chi connectivity index (χ3n) is 2.51. The van der Waals surface area contributed by atoms with Crippen molar-refractivity contribution < 1.29 is 4.74 Å². The van der Waals surface area contributed by atoms with Crippen molar-refractivity contribution in [3.8, 4) is 0 Å². The Balaban J connectivity index is 2.35. The predicted molar refractivity (Wildman–Crippen MR) is 64.0 cm³/mol. The lowest BCUT2D eigenvalue weighted by Gasteiger charge is -2.03. The highest BCUT2D eigenvalue weighted by molar-refractivity contribution is 5.22. The number of benzene rings is 1. The Morgan fingerprint density at radius 2 is 1.53 bits per heavy atom. The van der Waals surface area contributed by atoms with Crippen LogP contribution in [-0.2, 0) is 17.6 Å². The van der Waals surface area contributed by atoms with Gasteiger partial charge >= 0.3 is 0 Å². The first-order valence-corrected chi connectivity index (χ1v) is 5.63. The third-order valence-corrected chi connectivity index (χ3v) is 2.51. The Hall–Kier alpha value is -0.860. The normalized spacial score (nSPS) is 10.5. The van der Waals surface area contributed by atoms with Gasteiger partial charge in [0.05, 0.1) is 0 Å². The molecule has 1 aromatic rings. The first-order valence-electron chi connectivity index (χ1n) is 5.63. The second-order valence-electron chi connectivity index (χ2n) is 3.81. The fourth-order valence-corrected chi connectivity index (χ4v) is 1.60. The van der Waals surface area contributed by atoms with Gasteiger partial charge in [-0.25, -0.2) is 0 Å². The van der Waals surface area contributed by atoms with Crippen molar-refractivity contribution in [3.63, 3.8) is 0 Å². The van der Waals surface area contributed by atoms with Gasteiger partial charge in [-0.2, -0.15) is 0 Å². The summed E-state index contributed by atoms with van der Waals surface area (Å²) < 4.78 is 5.03. The average Bonchev–Trinajstić information content (AvgIpc) is 2.28. The molecule has 2 heteroatoms. The molecule has 84 valence electrons. The molecule has 15 heavy (non-hydrogen) atoms. The fourth-order valence-electron chi connectivity index (χ4n) is 1.60. The zero-order valence-corrected chi connectivity index (χ0v) is 9.54. The maximum atomic E-state index is 5.47. The second kappa shape index (κ2) is 7.43. The number of nitrogens with two attached hydrogens (primary N) is 1. The van der Waals surface area contributed by atoms with Crippen LogP contribution in [0.25, 0.3) is 0 Å². The van der Waals surface area contributed by atoms with E-state index in [4.69, 9.17) is 10.5 Å². The Morgan fingerprint density at radius 3 is 2.00 bits per heavy atom. The molecule has 0 heterocycles. The summed E-state index contributed by atoms with van der Waals surface area (Å²) in [5.74, 6) is 0. The molecule has 0 saturated heterocycles. The molecule has 0 aliphatic heterocycles. The van der Waals surface area contributed by atoms with Gasteiger partial charge in [0.2, 0.25) is 0 Å². The molecule has 0 saturated carbocycles. The van der Waals surface area contributed by atoms with Crippen LogP contribution in [0.2, 0.25) is 0 Å². The van der Waals surface area contributed by atoms with Gasteiger partial charge in [0.1, 0.15) is 0 Å². The molecule has 2 N–H and O–H groups in total. The van der Waals surface area contributed by atoms with E-state index >= 15 is 0 Å². The molecule has 0 unspecified atom stereocenters. The van der Waals surface area contributed by atoms with Crippen LogP contribution in [0.1, 0.15) is 24.0 Å². The van der Waals surface area contributed by atoms with Crippen molar-refractivity contribution in [2.75, 3.05) is 20.3 Å². The lowest BCUT2D eigenvalue weighted by molar-refractivity contribution is 0.195. The van der Waals surface area contributed by atoms with Crippen LogP contribution in [0.15, 0.2) is 24.3 Å². The second-order valence-corrected chi connectivity index (χ2v) is 3.81. The Morgan fingerprint density at radius 1 is 1.00 bits per heavy atom. The summed E-state index contributed by atoms with van der Waals surface area (Å²) in [4.78, 5) is 0. The molecule has 1 rings (SSSR count). The van der Waals surface area contributed by atoms with Crippen LogP contribution < -0.4 is 5.73 Å². The van der Waals surface area contributed by atoms with Gasteiger partial charge in [-0.05, 0) is 43.4 Å². The molecule has 2 nitrogen and oxygen atoms in total. The van der Waals surface area contributed by atoms with Gasteiger partial charge in [-0.1, -0.05) is 24.3 Å². The van der Waals surface area contributed by atoms with Crippen molar-refractivity contribution >= 4 is 0 Å². The van der Waals surface area contributed by atoms with Gasteiger partial charge in [-0.15, -0.1) is 0 Å². The van der Waals surface area contributed by atoms with Gasteiger partial charge < -0.3 is 10.5 Å². The first-order chi connectivity index (χ1) is 7.36. The van der Waals surface area contributed by atoms with E-state index in [0.717, 1.165) is 38.8 Å². The van der Waals surface area contributed by atoms with E-state index in [0.29, 0.717) is 0 Å². The molecule has 0 fully saturated rings. The molecular formula is C13H21NO. The molecular weight excluding hydrogens is 186 g/mol. The lowest BCUT2D eigenvalue weighted by atomic mass is 10.0. The standard InChI is InChI=1S/C13H21NO/c1-15-11-3-5-13-8-6-12(7-9-13)4-2-10-14/h6-9H,2-5,10-11,14H2,1H3. The summed E-state index contributed by atoms with van der Waals surface area (Å²) in [5.41, 5.74) is 8.25. The van der Waals surface area contributed by atoms with Gasteiger partial charge in [0, 0.05) is 13.7 Å². The number of rotatable bonds is 7. The number of methoxy groups -OCH3 is 1. The molecule has 0 spiro atoms. The van der Waals surface area contributed by atoms with E-state index < -0.39 is 0 Å². The maximum Gasteiger partial charge on any atom is 0.0465 e. The Labute approximate surface area is 92.4 Å². The van der Waals surface area contributed by atoms with Gasteiger partial charge in [-0.3, -0.25) is 0 Å². The maximum absolute atomic E-state index is 5.47. The minimum Gasteiger partial charge on any atom is -0.385 e. The highest BCUT2D eigenvalue weighted by Gasteiger charge is 1.95. The quantitative estimate of drug-likeness (QED) is 0.695. The summed E-state index contributed by atoms with van der Waals surface area (Å²) in [5, 5.41) is 0. The van der Waals surface area contributed by atoms with Crippen LogP contribution in [-0.4, -0.2) is 20.3 Å². The zero-order chi connectivity index (χ0) is 10.9. The van der Waals surface area contributed by atoms with Crippen LogP contribution in [0.3, 0.4) is 0 Å². The van der Waals surface area contributed by atoms with Crippen molar-refractivity contribution in [2.24, 2.45) is 5.73 Å².